The summed E-state index contributed by atoms with van der Waals surface area (Å²) in [4.78, 5) is 4.16. The Morgan fingerprint density at radius 3 is 2.80 bits per heavy atom. The van der Waals surface area contributed by atoms with Gasteiger partial charge in [0.05, 0.1) is 12.8 Å². The molecule has 1 aliphatic rings. The van der Waals surface area contributed by atoms with Crippen molar-refractivity contribution in [3.8, 4) is 11.6 Å². The highest BCUT2D eigenvalue weighted by atomic mass is 16.5. The Morgan fingerprint density at radius 2 is 2.27 bits per heavy atom. The van der Waals surface area contributed by atoms with Crippen LogP contribution in [0.4, 0.5) is 0 Å². The number of aromatic nitrogens is 1. The first-order chi connectivity index (χ1) is 7.28. The van der Waals surface area contributed by atoms with Crippen LogP contribution in [-0.2, 0) is 0 Å². The summed E-state index contributed by atoms with van der Waals surface area (Å²) in [7, 11) is 0. The molecular weight excluding hydrogens is 192 g/mol. The van der Waals surface area contributed by atoms with Crippen LogP contribution in [0.1, 0.15) is 19.8 Å². The van der Waals surface area contributed by atoms with E-state index >= 15 is 0 Å². The summed E-state index contributed by atoms with van der Waals surface area (Å²) in [5.74, 6) is 1.42. The zero-order valence-electron chi connectivity index (χ0n) is 8.85. The maximum Gasteiger partial charge on any atom is 0.213 e. The molecule has 4 nitrogen and oxygen atoms in total. The van der Waals surface area contributed by atoms with E-state index in [1.807, 2.05) is 19.1 Å². The lowest BCUT2D eigenvalue weighted by molar-refractivity contribution is 0.0957. The number of pyridine rings is 1. The second-order valence-corrected chi connectivity index (χ2v) is 3.74. The van der Waals surface area contributed by atoms with E-state index in [2.05, 4.69) is 4.98 Å². The molecule has 0 radical (unpaired) electrons. The van der Waals surface area contributed by atoms with Gasteiger partial charge in [0.15, 0.2) is 0 Å². The molecule has 82 valence electrons. The third kappa shape index (κ3) is 2.59. The van der Waals surface area contributed by atoms with Gasteiger partial charge in [-0.3, -0.25) is 0 Å². The van der Waals surface area contributed by atoms with Crippen molar-refractivity contribution in [3.63, 3.8) is 0 Å². The molecule has 0 aromatic carbocycles. The minimum atomic E-state index is 0.241. The van der Waals surface area contributed by atoms with Gasteiger partial charge in [0, 0.05) is 12.1 Å². The molecule has 0 spiro atoms. The number of ether oxygens (including phenoxy) is 2. The molecule has 4 heteroatoms. The zero-order valence-corrected chi connectivity index (χ0v) is 8.85. The Labute approximate surface area is 89.4 Å². The molecule has 1 aromatic heterocycles. The van der Waals surface area contributed by atoms with Crippen molar-refractivity contribution < 1.29 is 9.47 Å². The van der Waals surface area contributed by atoms with Crippen LogP contribution in [-0.4, -0.2) is 23.7 Å². The van der Waals surface area contributed by atoms with E-state index in [1.54, 1.807) is 6.20 Å². The molecule has 1 saturated carbocycles. The highest BCUT2D eigenvalue weighted by Gasteiger charge is 2.27. The predicted octanol–water partition coefficient (Wildman–Crippen LogP) is 1.35. The molecule has 0 bridgehead atoms. The minimum Gasteiger partial charge on any atom is -0.492 e. The van der Waals surface area contributed by atoms with Crippen LogP contribution in [0, 0.1) is 0 Å². The number of rotatable bonds is 4. The van der Waals surface area contributed by atoms with Gasteiger partial charge in [-0.2, -0.15) is 0 Å². The van der Waals surface area contributed by atoms with E-state index in [-0.39, 0.29) is 6.10 Å². The first-order valence-electron chi connectivity index (χ1n) is 5.29. The van der Waals surface area contributed by atoms with Gasteiger partial charge in [-0.15, -0.1) is 0 Å². The number of hydrogen-bond donors (Lipinski definition) is 1. The van der Waals surface area contributed by atoms with Gasteiger partial charge < -0.3 is 15.2 Å². The van der Waals surface area contributed by atoms with Crippen molar-refractivity contribution in [2.24, 2.45) is 5.73 Å². The van der Waals surface area contributed by atoms with Crippen LogP contribution < -0.4 is 15.2 Å². The fourth-order valence-corrected chi connectivity index (χ4v) is 1.56. The average Bonchev–Trinajstić information content (AvgIpc) is 2.19. The van der Waals surface area contributed by atoms with E-state index in [1.165, 1.54) is 0 Å². The predicted molar refractivity (Wildman–Crippen MR) is 57.0 cm³/mol. The molecule has 15 heavy (non-hydrogen) atoms. The summed E-state index contributed by atoms with van der Waals surface area (Å²) in [6, 6.07) is 4.00. The van der Waals surface area contributed by atoms with Crippen molar-refractivity contribution in [3.05, 3.63) is 18.3 Å². The fourth-order valence-electron chi connectivity index (χ4n) is 1.56. The molecule has 0 unspecified atom stereocenters. The van der Waals surface area contributed by atoms with Gasteiger partial charge in [0.2, 0.25) is 5.88 Å². The first kappa shape index (κ1) is 10.2. The van der Waals surface area contributed by atoms with Crippen LogP contribution >= 0.6 is 0 Å². The summed E-state index contributed by atoms with van der Waals surface area (Å²) in [5.41, 5.74) is 5.67. The maximum atomic E-state index is 5.67. The molecule has 1 heterocycles. The van der Waals surface area contributed by atoms with Gasteiger partial charge in [-0.05, 0) is 25.8 Å². The second-order valence-electron chi connectivity index (χ2n) is 3.74. The number of hydrogen-bond acceptors (Lipinski definition) is 4. The third-order valence-electron chi connectivity index (χ3n) is 2.44. The van der Waals surface area contributed by atoms with Gasteiger partial charge in [0.1, 0.15) is 11.9 Å². The summed E-state index contributed by atoms with van der Waals surface area (Å²) < 4.78 is 10.9. The number of nitrogens with zero attached hydrogens (tertiary/aromatic N) is 1. The van der Waals surface area contributed by atoms with Crippen molar-refractivity contribution in [2.45, 2.75) is 31.9 Å². The summed E-state index contributed by atoms with van der Waals surface area (Å²) in [6.07, 6.45) is 3.77. The molecule has 0 amide bonds. The SMILES string of the molecule is CCOc1ccc(OC2CC(N)C2)nc1. The topological polar surface area (TPSA) is 57.4 Å². The van der Waals surface area contributed by atoms with Crippen LogP contribution in [0.3, 0.4) is 0 Å². The molecule has 1 aliphatic carbocycles. The Balaban J connectivity index is 1.87. The lowest BCUT2D eigenvalue weighted by atomic mass is 9.90. The quantitative estimate of drug-likeness (QED) is 0.811. The minimum absolute atomic E-state index is 0.241. The third-order valence-corrected chi connectivity index (χ3v) is 2.44. The van der Waals surface area contributed by atoms with Crippen LogP contribution in [0.25, 0.3) is 0 Å². The lowest BCUT2D eigenvalue weighted by Gasteiger charge is -2.32. The Kier molecular flexibility index (Phi) is 3.06. The van der Waals surface area contributed by atoms with Gasteiger partial charge >= 0.3 is 0 Å². The smallest absolute Gasteiger partial charge is 0.213 e. The maximum absolute atomic E-state index is 5.67. The van der Waals surface area contributed by atoms with Gasteiger partial charge in [-0.1, -0.05) is 0 Å². The van der Waals surface area contributed by atoms with Crippen LogP contribution in [0.2, 0.25) is 0 Å². The van der Waals surface area contributed by atoms with Crippen LogP contribution in [0.15, 0.2) is 18.3 Å². The van der Waals surface area contributed by atoms with Crippen molar-refractivity contribution in [2.75, 3.05) is 6.61 Å². The Bertz CT molecular complexity index is 307. The van der Waals surface area contributed by atoms with Gasteiger partial charge in [-0.25, -0.2) is 4.98 Å². The largest absolute Gasteiger partial charge is 0.492 e. The fraction of sp³-hybridized carbons (Fsp3) is 0.545. The van der Waals surface area contributed by atoms with E-state index < -0.39 is 0 Å². The molecule has 1 fully saturated rings. The van der Waals surface area contributed by atoms with Crippen molar-refractivity contribution in [1.82, 2.24) is 4.98 Å². The van der Waals surface area contributed by atoms with Crippen LogP contribution in [0.5, 0.6) is 11.6 Å². The van der Waals surface area contributed by atoms with Gasteiger partial charge in [0.25, 0.3) is 0 Å². The average molecular weight is 208 g/mol. The van der Waals surface area contributed by atoms with E-state index in [9.17, 15) is 0 Å². The summed E-state index contributed by atoms with van der Waals surface area (Å²) >= 11 is 0. The molecular formula is C11H16N2O2. The summed E-state index contributed by atoms with van der Waals surface area (Å²) in [5, 5.41) is 0. The molecule has 0 saturated heterocycles. The Morgan fingerprint density at radius 1 is 1.47 bits per heavy atom. The zero-order chi connectivity index (χ0) is 10.7. The number of nitrogens with two attached hydrogens (primary N) is 1. The molecule has 2 rings (SSSR count). The van der Waals surface area contributed by atoms with E-state index in [4.69, 9.17) is 15.2 Å². The molecule has 2 N–H and O–H groups in total. The normalized spacial score (nSPS) is 24.4. The second kappa shape index (κ2) is 4.49. The standard InChI is InChI=1S/C11H16N2O2/c1-2-14-9-3-4-11(13-7-9)15-10-5-8(12)6-10/h3-4,7-8,10H,2,5-6,12H2,1H3. The highest BCUT2D eigenvalue weighted by molar-refractivity contribution is 5.23. The molecule has 1 aromatic rings. The molecule has 0 aliphatic heterocycles. The van der Waals surface area contributed by atoms with E-state index in [0.717, 1.165) is 18.6 Å². The summed E-state index contributed by atoms with van der Waals surface area (Å²) in [6.45, 7) is 2.60. The highest BCUT2D eigenvalue weighted by Crippen LogP contribution is 2.24. The molecule has 0 atom stereocenters. The monoisotopic (exact) mass is 208 g/mol. The lowest BCUT2D eigenvalue weighted by Crippen LogP contribution is -2.43. The van der Waals surface area contributed by atoms with E-state index in [0.29, 0.717) is 18.5 Å². The van der Waals surface area contributed by atoms with Crippen molar-refractivity contribution >= 4 is 0 Å². The Hall–Kier alpha value is -1.29. The first-order valence-corrected chi connectivity index (χ1v) is 5.29. The van der Waals surface area contributed by atoms with Crippen molar-refractivity contribution in [1.29, 1.82) is 0 Å².